The topological polar surface area (TPSA) is 354 Å². The van der Waals surface area contributed by atoms with Gasteiger partial charge < -0.3 is 14.2 Å². The number of esters is 1. The third kappa shape index (κ3) is 25.3. The molecule has 25 rings (SSSR count). The van der Waals surface area contributed by atoms with E-state index in [-0.39, 0.29) is 66.9 Å². The summed E-state index contributed by atoms with van der Waals surface area (Å²) in [5.74, 6) is -7.38. The second-order valence-electron chi connectivity index (χ2n) is 46.6. The second-order valence-corrected chi connectivity index (χ2v) is 55.8. The van der Waals surface area contributed by atoms with Crippen molar-refractivity contribution in [2.45, 2.75) is 350 Å². The molecule has 20 fully saturated rings. The molecule has 1 heterocycles. The Hall–Kier alpha value is -6.21. The van der Waals surface area contributed by atoms with Crippen LogP contribution in [0.2, 0.25) is 0 Å². The van der Waals surface area contributed by atoms with Gasteiger partial charge in [-0.05, 0) is 389 Å². The number of carbonyl (C=O) groups is 1. The fourth-order valence-corrected chi connectivity index (χ4v) is 34.2. The number of rotatable bonds is 22. The average molecular weight is 2170 g/mol. The number of fused-ring (bicyclic) bond motifs is 1. The Morgan fingerprint density at radius 1 is 0.434 bits per heavy atom. The van der Waals surface area contributed by atoms with Crippen LogP contribution in [0.5, 0.6) is 11.5 Å². The largest absolute Gasteiger partial charge is 0.493 e. The number of nitrogens with zero attached hydrogens (tertiary/aromatic N) is 1. The maximum atomic E-state index is 13.8. The molecule has 19 aliphatic carbocycles. The van der Waals surface area contributed by atoms with Crippen molar-refractivity contribution in [3.63, 3.8) is 0 Å². The molecule has 810 valence electrons. The van der Waals surface area contributed by atoms with Crippen molar-refractivity contribution in [2.75, 3.05) is 32.9 Å². The third-order valence-corrected chi connectivity index (χ3v) is 41.8. The lowest BCUT2D eigenvalue weighted by molar-refractivity contribution is -0.272. The van der Waals surface area contributed by atoms with Crippen molar-refractivity contribution in [3.8, 4) is 11.5 Å². The molecule has 5 aromatic carbocycles. The average Bonchev–Trinajstić information content (AvgIpc) is 0.752. The fourth-order valence-electron chi connectivity index (χ4n) is 30.2. The Labute approximate surface area is 845 Å². The highest BCUT2D eigenvalue weighted by molar-refractivity contribution is 7.90. The quantitative estimate of drug-likeness (QED) is 0.0186. The zero-order valence-electron chi connectivity index (χ0n) is 82.7. The molecule has 145 heavy (non-hydrogen) atoms. The van der Waals surface area contributed by atoms with E-state index in [1.165, 1.54) is 204 Å². The first kappa shape index (κ1) is 113. The summed E-state index contributed by atoms with van der Waals surface area (Å²) in [4.78, 5) is 10.0. The number of para-hydroxylation sites is 1. The predicted molar refractivity (Wildman–Crippen MR) is 518 cm³/mol. The molecule has 0 spiro atoms. The molecule has 5 N–H and O–H groups in total. The summed E-state index contributed by atoms with van der Waals surface area (Å²) in [5, 5.41) is -10.3. The zero-order chi connectivity index (χ0) is 105. The first-order valence-corrected chi connectivity index (χ1v) is 60.3. The molecule has 1 saturated heterocycles. The van der Waals surface area contributed by atoms with Gasteiger partial charge in [-0.2, -0.15) is 81.5 Å². The summed E-state index contributed by atoms with van der Waals surface area (Å²) >= 11 is 0. The van der Waals surface area contributed by atoms with Crippen LogP contribution in [-0.4, -0.2) is 139 Å². The summed E-state index contributed by atoms with van der Waals surface area (Å²) in [6, 6.07) is 24.5. The van der Waals surface area contributed by atoms with Gasteiger partial charge in [0.2, 0.25) is 0 Å². The Morgan fingerprint density at radius 2 is 0.807 bits per heavy atom. The molecule has 0 radical (unpaired) electrons. The van der Waals surface area contributed by atoms with Crippen molar-refractivity contribution in [2.24, 2.45) is 99.1 Å². The molecule has 1 aliphatic heterocycles. The van der Waals surface area contributed by atoms with Gasteiger partial charge >= 0.3 is 48.6 Å². The number of sulfonamides is 1. The van der Waals surface area contributed by atoms with E-state index in [9.17, 15) is 113 Å². The molecular formula is C105H139F12NO21S6. The summed E-state index contributed by atoms with van der Waals surface area (Å²) in [6.07, 6.45) is 47.0. The maximum absolute atomic E-state index is 13.8. The van der Waals surface area contributed by atoms with Crippen molar-refractivity contribution in [1.82, 2.24) is 4.31 Å². The SMILES string of the molecule is CC(F)(F)C(F)(F)C(F)(F)S(=O)(=O)N1CCC2CCCCC2C1.Cc1c(C2CCCCC2)cc(C(C)C)cc1C1CCCCC1.Cc1c(F)c(F)c(S(=O)(=O)O)c(F)c1F.O=C(OCC(F)(F)S(=O)(=O)O)C12CC3CC(CC(C3)C1)C2.O=S(=O)(O)c1ccc(C23CC4CC(CC(C4)C2)C3)cc1.O=S(=O)(O)c1ccc(OCC23CC4CC(CC(C4)C2)C3)cc1.O=S(=O)(O)c1ccccc1OCC12CC3CC(CC(C3)C1)C2. The van der Waals surface area contributed by atoms with Gasteiger partial charge in [-0.1, -0.05) is 108 Å². The lowest BCUT2D eigenvalue weighted by Crippen LogP contribution is -2.61. The van der Waals surface area contributed by atoms with Crippen LogP contribution in [0.3, 0.4) is 0 Å². The van der Waals surface area contributed by atoms with Crippen LogP contribution in [0.4, 0.5) is 52.7 Å². The van der Waals surface area contributed by atoms with E-state index in [0.717, 1.165) is 117 Å². The molecular weight excluding hydrogens is 2030 g/mol. The second kappa shape index (κ2) is 43.4. The van der Waals surface area contributed by atoms with Crippen LogP contribution in [0, 0.1) is 136 Å². The first-order valence-electron chi connectivity index (χ1n) is 51.6. The Bertz CT molecular complexity index is 5990. The van der Waals surface area contributed by atoms with E-state index in [2.05, 4.69) is 37.6 Å². The Morgan fingerprint density at radius 3 is 1.19 bits per heavy atom. The minimum atomic E-state index is -5.98. The molecule has 22 nitrogen and oxygen atoms in total. The van der Waals surface area contributed by atoms with E-state index in [4.69, 9.17) is 27.7 Å². The van der Waals surface area contributed by atoms with Crippen molar-refractivity contribution >= 4 is 66.6 Å². The molecule has 2 unspecified atom stereocenters. The maximum Gasteiger partial charge on any atom is 0.427 e. The molecule has 2 atom stereocenters. The van der Waals surface area contributed by atoms with E-state index >= 15 is 0 Å². The van der Waals surface area contributed by atoms with Gasteiger partial charge in [0.15, 0.2) is 34.8 Å². The van der Waals surface area contributed by atoms with Crippen LogP contribution in [0.15, 0.2) is 105 Å². The van der Waals surface area contributed by atoms with Gasteiger partial charge in [0.1, 0.15) is 16.4 Å². The summed E-state index contributed by atoms with van der Waals surface area (Å²) in [5.41, 5.74) is 7.09. The molecule has 19 saturated carbocycles. The van der Waals surface area contributed by atoms with Crippen molar-refractivity contribution in [3.05, 3.63) is 142 Å². The van der Waals surface area contributed by atoms with Crippen molar-refractivity contribution < 1.29 is 145 Å². The number of benzene rings is 5. The van der Waals surface area contributed by atoms with Gasteiger partial charge in [-0.15, -0.1) is 0 Å². The number of alkyl halides is 8. The fraction of sp³-hybridized carbons (Fsp3) is 0.705. The van der Waals surface area contributed by atoms with Crippen LogP contribution >= 0.6 is 0 Å². The lowest BCUT2D eigenvalue weighted by Gasteiger charge is -2.57. The highest BCUT2D eigenvalue weighted by Crippen LogP contribution is 2.65. The monoisotopic (exact) mass is 2170 g/mol. The third-order valence-electron chi connectivity index (χ3n) is 35.5. The minimum Gasteiger partial charge on any atom is -0.493 e. The molecule has 0 aromatic heterocycles. The first-order chi connectivity index (χ1) is 67.6. The highest BCUT2D eigenvalue weighted by Gasteiger charge is 2.77. The standard InChI is InChI=1S/C22H34.2C17H22O4S.C16H20O3S.C13H19F6NO2S.C13H18F2O5S.C7H4F4O3S/c1-16(2)20-14-21(18-10-6-4-7-11-18)17(3)22(15-20)19-12-8-5-9-13-19;18-22(19,20)16-3-1-15(2-4-16)21-11-17-8-12-5-13(9-17)7-14(6-12)10-17;18-22(19,20)16-4-2-1-3-15(16)21-11-17-8-12-5-13(9-17)7-14(6-12)10-17;17-20(18,19)15-3-1-14(2-4-15)16-8-11-5-12(9-16)7-13(6-11)10-16;1-11(14,15)12(16,17)13(18,19)23(21,22)20-7-6-9-4-2-3-5-10(9)8-20;14-13(15,21(17,18)19)7-20-11(16)12-4-8-1-9(5-12)3-10(2-8)6-12;1-2-3(8)5(10)7(15(12,13)14)6(11)4(2)9/h14-16,18-19H,4-13H2,1-3H3;2*1-4,12-14H,5-11H2,(H,18,19,20);1-4,11-13H,5-10H2,(H,17,18,19);9-10H,2-8H2,1H3;8-10H,1-7H2,(H,17,18,19);1H3,(H,12,13,14). The van der Waals surface area contributed by atoms with Gasteiger partial charge in [0.25, 0.3) is 40.4 Å². The summed E-state index contributed by atoms with van der Waals surface area (Å²) in [6.45, 7) is 6.50. The van der Waals surface area contributed by atoms with Gasteiger partial charge in [-0.3, -0.25) is 27.6 Å². The van der Waals surface area contributed by atoms with E-state index < -0.39 is 142 Å². The van der Waals surface area contributed by atoms with Crippen LogP contribution < -0.4 is 9.47 Å². The molecule has 0 amide bonds. The number of carbonyl (C=O) groups excluding carboxylic acids is 1. The lowest BCUT2D eigenvalue weighted by atomic mass is 9.48. The van der Waals surface area contributed by atoms with E-state index in [1.807, 2.05) is 12.1 Å². The summed E-state index contributed by atoms with van der Waals surface area (Å²) < 4.78 is 352. The molecule has 40 heteroatoms. The normalized spacial score (nSPS) is 31.1. The number of hydrogen-bond donors (Lipinski definition) is 5. The molecule has 16 bridgehead atoms. The molecule has 20 aliphatic rings. The Kier molecular flexibility index (Phi) is 33.8. The summed E-state index contributed by atoms with van der Waals surface area (Å²) in [7, 11) is -29.2. The van der Waals surface area contributed by atoms with Gasteiger partial charge in [-0.25, -0.2) is 26.0 Å². The van der Waals surface area contributed by atoms with Crippen molar-refractivity contribution in [1.29, 1.82) is 0 Å². The van der Waals surface area contributed by atoms with Crippen LogP contribution in [-0.2, 0) is 75.6 Å². The highest BCUT2D eigenvalue weighted by atomic mass is 32.2. The smallest absolute Gasteiger partial charge is 0.427 e. The van der Waals surface area contributed by atoms with E-state index in [0.29, 0.717) is 67.1 Å². The van der Waals surface area contributed by atoms with Gasteiger partial charge in [0.05, 0.1) is 28.4 Å². The van der Waals surface area contributed by atoms with Crippen LogP contribution in [0.1, 0.15) is 322 Å². The number of halogens is 12. The molecule has 5 aromatic rings. The van der Waals surface area contributed by atoms with Gasteiger partial charge in [0, 0.05) is 36.4 Å². The number of hydrogen-bond acceptors (Lipinski definition) is 16. The predicted octanol–water partition coefficient (Wildman–Crippen LogP) is 25.4. The van der Waals surface area contributed by atoms with E-state index in [1.54, 1.807) is 64.7 Å². The Balaban J connectivity index is 0.000000128. The zero-order valence-corrected chi connectivity index (χ0v) is 87.6. The number of piperidine rings is 1. The minimum absolute atomic E-state index is 0.00554. The van der Waals surface area contributed by atoms with Crippen LogP contribution in [0.25, 0.3) is 0 Å². The number of ether oxygens (including phenoxy) is 3.